The van der Waals surface area contributed by atoms with E-state index in [0.29, 0.717) is 10.6 Å². The van der Waals surface area contributed by atoms with Gasteiger partial charge in [0.15, 0.2) is 5.56 Å². The van der Waals surface area contributed by atoms with Crippen LogP contribution in [0.3, 0.4) is 0 Å². The Balaban J connectivity index is 2.89. The molecule has 0 aromatic heterocycles. The number of hydrogen-bond donors (Lipinski definition) is 1. The Morgan fingerprint density at radius 1 is 1.20 bits per heavy atom. The van der Waals surface area contributed by atoms with Gasteiger partial charge in [-0.3, -0.25) is 0 Å². The predicted octanol–water partition coefficient (Wildman–Crippen LogP) is 2.57. The fourth-order valence-corrected chi connectivity index (χ4v) is 0.893. The Kier molecular flexibility index (Phi) is 2.55. The lowest BCUT2D eigenvalue weighted by molar-refractivity contribution is 0.263. The standard InChI is InChI=1S/C7H6Cl2O/c8-6-3-1-5(2-4-6)7(9)10/h1-4,7,10H/t7-/m1/s1. The van der Waals surface area contributed by atoms with Gasteiger partial charge in [0.25, 0.3) is 0 Å². The van der Waals surface area contributed by atoms with E-state index in [4.69, 9.17) is 28.3 Å². The van der Waals surface area contributed by atoms with E-state index in [2.05, 4.69) is 0 Å². The molecule has 1 rings (SSSR count). The molecule has 54 valence electrons. The Bertz CT molecular complexity index is 205. The lowest BCUT2D eigenvalue weighted by Crippen LogP contribution is -1.85. The molecule has 0 heterocycles. The maximum atomic E-state index is 8.84. The Labute approximate surface area is 69.2 Å². The second kappa shape index (κ2) is 3.24. The first-order valence-electron chi connectivity index (χ1n) is 2.78. The third-order valence-electron chi connectivity index (χ3n) is 1.15. The summed E-state index contributed by atoms with van der Waals surface area (Å²) < 4.78 is 0. The van der Waals surface area contributed by atoms with E-state index in [1.807, 2.05) is 0 Å². The number of aliphatic hydroxyl groups is 1. The molecule has 0 spiro atoms. The van der Waals surface area contributed by atoms with Crippen LogP contribution in [0, 0.1) is 0 Å². The summed E-state index contributed by atoms with van der Waals surface area (Å²) in [6.07, 6.45) is 0. The van der Waals surface area contributed by atoms with Gasteiger partial charge < -0.3 is 5.11 Å². The molecule has 1 N–H and O–H groups in total. The summed E-state index contributed by atoms with van der Waals surface area (Å²) in [4.78, 5) is 0. The Hall–Kier alpha value is -0.240. The Morgan fingerprint density at radius 3 is 2.10 bits per heavy atom. The molecule has 0 fully saturated rings. The van der Waals surface area contributed by atoms with Gasteiger partial charge in [0.2, 0.25) is 0 Å². The van der Waals surface area contributed by atoms with Crippen molar-refractivity contribution in [1.29, 1.82) is 0 Å². The summed E-state index contributed by atoms with van der Waals surface area (Å²) in [6, 6.07) is 6.73. The topological polar surface area (TPSA) is 20.2 Å². The number of rotatable bonds is 1. The maximum absolute atomic E-state index is 8.84. The lowest BCUT2D eigenvalue weighted by Gasteiger charge is -2.00. The minimum Gasteiger partial charge on any atom is -0.373 e. The van der Waals surface area contributed by atoms with Crippen LogP contribution in [-0.4, -0.2) is 5.11 Å². The quantitative estimate of drug-likeness (QED) is 0.653. The molecule has 0 amide bonds. The lowest BCUT2D eigenvalue weighted by atomic mass is 10.2. The largest absolute Gasteiger partial charge is 0.373 e. The fourth-order valence-electron chi connectivity index (χ4n) is 0.622. The molecule has 0 saturated carbocycles. The van der Waals surface area contributed by atoms with E-state index >= 15 is 0 Å². The van der Waals surface area contributed by atoms with Crippen molar-refractivity contribution in [3.05, 3.63) is 34.9 Å². The van der Waals surface area contributed by atoms with Crippen molar-refractivity contribution in [3.8, 4) is 0 Å². The minimum atomic E-state index is -0.933. The van der Waals surface area contributed by atoms with Crippen molar-refractivity contribution in [1.82, 2.24) is 0 Å². The van der Waals surface area contributed by atoms with Crippen LogP contribution < -0.4 is 0 Å². The van der Waals surface area contributed by atoms with Crippen LogP contribution in [0.2, 0.25) is 5.02 Å². The Morgan fingerprint density at radius 2 is 1.70 bits per heavy atom. The molecule has 3 heteroatoms. The SMILES string of the molecule is O[C@@H](Cl)c1ccc(Cl)cc1. The molecule has 0 aliphatic rings. The molecular weight excluding hydrogens is 171 g/mol. The van der Waals surface area contributed by atoms with Crippen molar-refractivity contribution in [3.63, 3.8) is 0 Å². The first-order chi connectivity index (χ1) is 4.70. The molecule has 1 nitrogen and oxygen atoms in total. The van der Waals surface area contributed by atoms with E-state index in [9.17, 15) is 0 Å². The van der Waals surface area contributed by atoms with E-state index in [1.165, 1.54) is 0 Å². The van der Waals surface area contributed by atoms with Crippen molar-refractivity contribution in [2.45, 2.75) is 5.56 Å². The molecule has 1 aromatic rings. The summed E-state index contributed by atoms with van der Waals surface area (Å²) in [5.74, 6) is 0. The monoisotopic (exact) mass is 176 g/mol. The zero-order chi connectivity index (χ0) is 7.56. The van der Waals surface area contributed by atoms with Crippen LogP contribution in [0.5, 0.6) is 0 Å². The van der Waals surface area contributed by atoms with Crippen LogP contribution in [-0.2, 0) is 0 Å². The van der Waals surface area contributed by atoms with Gasteiger partial charge in [0, 0.05) is 5.02 Å². The first-order valence-corrected chi connectivity index (χ1v) is 3.59. The summed E-state index contributed by atoms with van der Waals surface area (Å²) >= 11 is 11.0. The minimum absolute atomic E-state index is 0.640. The average molecular weight is 177 g/mol. The second-order valence-electron chi connectivity index (χ2n) is 1.89. The van der Waals surface area contributed by atoms with Crippen LogP contribution in [0.4, 0.5) is 0 Å². The molecule has 0 bridgehead atoms. The summed E-state index contributed by atoms with van der Waals surface area (Å²) in [5.41, 5.74) is -0.275. The van der Waals surface area contributed by atoms with Crippen molar-refractivity contribution < 1.29 is 5.11 Å². The number of benzene rings is 1. The molecule has 0 saturated heterocycles. The predicted molar refractivity (Wildman–Crippen MR) is 42.3 cm³/mol. The van der Waals surface area contributed by atoms with Gasteiger partial charge in [-0.15, -0.1) is 0 Å². The number of hydrogen-bond acceptors (Lipinski definition) is 1. The molecule has 10 heavy (non-hydrogen) atoms. The van der Waals surface area contributed by atoms with Gasteiger partial charge in [0.1, 0.15) is 0 Å². The third-order valence-corrected chi connectivity index (χ3v) is 1.65. The average Bonchev–Trinajstić information content (AvgIpc) is 1.88. The maximum Gasteiger partial charge on any atom is 0.153 e. The highest BCUT2D eigenvalue weighted by Gasteiger charge is 1.99. The van der Waals surface area contributed by atoms with E-state index in [0.717, 1.165) is 0 Å². The van der Waals surface area contributed by atoms with E-state index < -0.39 is 5.56 Å². The van der Waals surface area contributed by atoms with Crippen molar-refractivity contribution in [2.75, 3.05) is 0 Å². The smallest absolute Gasteiger partial charge is 0.153 e. The second-order valence-corrected chi connectivity index (χ2v) is 2.74. The van der Waals surface area contributed by atoms with Gasteiger partial charge in [0.05, 0.1) is 0 Å². The van der Waals surface area contributed by atoms with Gasteiger partial charge >= 0.3 is 0 Å². The highest BCUT2D eigenvalue weighted by atomic mass is 35.5. The normalized spacial score (nSPS) is 13.1. The third kappa shape index (κ3) is 1.87. The zero-order valence-corrected chi connectivity index (χ0v) is 6.60. The summed E-state index contributed by atoms with van der Waals surface area (Å²) in [5, 5.41) is 9.48. The number of aliphatic hydroxyl groups excluding tert-OH is 1. The van der Waals surface area contributed by atoms with Gasteiger partial charge in [-0.25, -0.2) is 0 Å². The van der Waals surface area contributed by atoms with E-state index in [-0.39, 0.29) is 0 Å². The molecule has 0 aliphatic carbocycles. The summed E-state index contributed by atoms with van der Waals surface area (Å²) in [7, 11) is 0. The van der Waals surface area contributed by atoms with Crippen LogP contribution in [0.1, 0.15) is 11.1 Å². The molecule has 1 atom stereocenters. The van der Waals surface area contributed by atoms with Crippen LogP contribution in [0.15, 0.2) is 24.3 Å². The highest BCUT2D eigenvalue weighted by molar-refractivity contribution is 6.30. The van der Waals surface area contributed by atoms with Gasteiger partial charge in [-0.2, -0.15) is 0 Å². The van der Waals surface area contributed by atoms with E-state index in [1.54, 1.807) is 24.3 Å². The first kappa shape index (κ1) is 7.86. The van der Waals surface area contributed by atoms with Gasteiger partial charge in [-0.05, 0) is 17.7 Å². The fraction of sp³-hybridized carbons (Fsp3) is 0.143. The summed E-state index contributed by atoms with van der Waals surface area (Å²) in [6.45, 7) is 0. The number of alkyl halides is 1. The van der Waals surface area contributed by atoms with Crippen LogP contribution >= 0.6 is 23.2 Å². The zero-order valence-electron chi connectivity index (χ0n) is 5.09. The molecule has 0 aliphatic heterocycles. The van der Waals surface area contributed by atoms with Gasteiger partial charge in [-0.1, -0.05) is 35.3 Å². The molecular formula is C7H6Cl2O. The molecule has 0 unspecified atom stereocenters. The van der Waals surface area contributed by atoms with Crippen molar-refractivity contribution in [2.24, 2.45) is 0 Å². The van der Waals surface area contributed by atoms with Crippen molar-refractivity contribution >= 4 is 23.2 Å². The molecule has 0 radical (unpaired) electrons. The molecule has 1 aromatic carbocycles. The number of halogens is 2. The van der Waals surface area contributed by atoms with Crippen LogP contribution in [0.25, 0.3) is 0 Å². The highest BCUT2D eigenvalue weighted by Crippen LogP contribution is 2.18.